The zero-order valence-electron chi connectivity index (χ0n) is 7.78. The van der Waals surface area contributed by atoms with Gasteiger partial charge in [-0.1, -0.05) is 6.92 Å². The van der Waals surface area contributed by atoms with Crippen molar-refractivity contribution in [3.63, 3.8) is 0 Å². The van der Waals surface area contributed by atoms with Crippen LogP contribution in [0.15, 0.2) is 18.2 Å². The van der Waals surface area contributed by atoms with Gasteiger partial charge in [-0.3, -0.25) is 4.79 Å². The van der Waals surface area contributed by atoms with E-state index in [2.05, 4.69) is 0 Å². The minimum atomic E-state index is -1.11. The van der Waals surface area contributed by atoms with Crippen molar-refractivity contribution in [3.8, 4) is 0 Å². The van der Waals surface area contributed by atoms with Gasteiger partial charge in [0.15, 0.2) is 5.78 Å². The van der Waals surface area contributed by atoms with Crippen molar-refractivity contribution in [2.45, 2.75) is 13.3 Å². The Morgan fingerprint density at radius 2 is 2.00 bits per heavy atom. The Labute approximate surface area is 81.3 Å². The summed E-state index contributed by atoms with van der Waals surface area (Å²) in [5.41, 5.74) is 6.06. The van der Waals surface area contributed by atoms with Crippen LogP contribution in [0.5, 0.6) is 0 Å². The number of hydrogen-bond donors (Lipinski definition) is 2. The molecular formula is C10H11NO3. The average molecular weight is 193 g/mol. The number of rotatable bonds is 3. The summed E-state index contributed by atoms with van der Waals surface area (Å²) in [5.74, 6) is -1.32. The lowest BCUT2D eigenvalue weighted by atomic mass is 10.0. The molecular weight excluding hydrogens is 182 g/mol. The van der Waals surface area contributed by atoms with Gasteiger partial charge in [0.1, 0.15) is 0 Å². The molecule has 0 spiro atoms. The van der Waals surface area contributed by atoms with Gasteiger partial charge in [0.2, 0.25) is 0 Å². The number of benzene rings is 1. The molecule has 0 unspecified atom stereocenters. The zero-order valence-corrected chi connectivity index (χ0v) is 7.78. The lowest BCUT2D eigenvalue weighted by Gasteiger charge is -2.04. The Balaban J connectivity index is 3.29. The maximum atomic E-state index is 11.4. The van der Waals surface area contributed by atoms with Gasteiger partial charge in [0.25, 0.3) is 0 Å². The third-order valence-corrected chi connectivity index (χ3v) is 1.90. The Kier molecular flexibility index (Phi) is 2.86. The molecule has 0 heterocycles. The molecule has 74 valence electrons. The summed E-state index contributed by atoms with van der Waals surface area (Å²) in [5, 5.41) is 8.81. The standard InChI is InChI=1S/C10H11NO3/c1-2-9(12)8-5-6(11)3-4-7(8)10(13)14/h3-5H,2,11H2,1H3,(H,13,14). The van der Waals surface area contributed by atoms with E-state index in [1.807, 2.05) is 0 Å². The van der Waals surface area contributed by atoms with Crippen LogP contribution < -0.4 is 5.73 Å². The fourth-order valence-corrected chi connectivity index (χ4v) is 1.17. The van der Waals surface area contributed by atoms with Gasteiger partial charge in [-0.25, -0.2) is 4.79 Å². The number of carbonyl (C=O) groups is 2. The summed E-state index contributed by atoms with van der Waals surface area (Å²) in [4.78, 5) is 22.1. The number of nitrogens with two attached hydrogens (primary N) is 1. The third kappa shape index (κ3) is 1.90. The monoisotopic (exact) mass is 193 g/mol. The van der Waals surface area contributed by atoms with E-state index >= 15 is 0 Å². The fourth-order valence-electron chi connectivity index (χ4n) is 1.17. The molecule has 0 aliphatic rings. The summed E-state index contributed by atoms with van der Waals surface area (Å²) in [6.45, 7) is 1.68. The van der Waals surface area contributed by atoms with Crippen molar-refractivity contribution in [1.29, 1.82) is 0 Å². The van der Waals surface area contributed by atoms with Crippen LogP contribution in [0.25, 0.3) is 0 Å². The fraction of sp³-hybridized carbons (Fsp3) is 0.200. The van der Waals surface area contributed by atoms with Crippen LogP contribution in [-0.2, 0) is 0 Å². The first-order chi connectivity index (χ1) is 6.56. The predicted octanol–water partition coefficient (Wildman–Crippen LogP) is 1.56. The SMILES string of the molecule is CCC(=O)c1cc(N)ccc1C(=O)O. The molecule has 4 heteroatoms. The number of carboxylic acid groups (broad SMARTS) is 1. The average Bonchev–Trinajstić information content (AvgIpc) is 2.16. The van der Waals surface area contributed by atoms with E-state index in [-0.39, 0.29) is 23.3 Å². The molecule has 0 amide bonds. The number of Topliss-reactive ketones (excluding diaryl/α,β-unsaturated/α-hetero) is 1. The number of anilines is 1. The largest absolute Gasteiger partial charge is 0.478 e. The van der Waals surface area contributed by atoms with Crippen LogP contribution in [0.1, 0.15) is 34.1 Å². The van der Waals surface area contributed by atoms with Gasteiger partial charge in [0, 0.05) is 17.7 Å². The molecule has 4 nitrogen and oxygen atoms in total. The molecule has 14 heavy (non-hydrogen) atoms. The molecule has 0 bridgehead atoms. The third-order valence-electron chi connectivity index (χ3n) is 1.90. The first kappa shape index (κ1) is 10.2. The van der Waals surface area contributed by atoms with Crippen molar-refractivity contribution in [1.82, 2.24) is 0 Å². The first-order valence-electron chi connectivity index (χ1n) is 4.22. The number of carbonyl (C=O) groups excluding carboxylic acids is 1. The molecule has 3 N–H and O–H groups in total. The Morgan fingerprint density at radius 1 is 1.36 bits per heavy atom. The molecule has 0 aromatic heterocycles. The second-order valence-electron chi connectivity index (χ2n) is 2.89. The van der Waals surface area contributed by atoms with E-state index < -0.39 is 5.97 Å². The highest BCUT2D eigenvalue weighted by molar-refractivity contribution is 6.06. The zero-order chi connectivity index (χ0) is 10.7. The summed E-state index contributed by atoms with van der Waals surface area (Å²) < 4.78 is 0. The lowest BCUT2D eigenvalue weighted by Crippen LogP contribution is -2.08. The number of carboxylic acids is 1. The van der Waals surface area contributed by atoms with Crippen LogP contribution >= 0.6 is 0 Å². The van der Waals surface area contributed by atoms with Crippen LogP contribution in [-0.4, -0.2) is 16.9 Å². The number of aromatic carboxylic acids is 1. The van der Waals surface area contributed by atoms with Gasteiger partial charge in [-0.15, -0.1) is 0 Å². The highest BCUT2D eigenvalue weighted by Crippen LogP contribution is 2.15. The highest BCUT2D eigenvalue weighted by Gasteiger charge is 2.14. The van der Waals surface area contributed by atoms with E-state index in [0.29, 0.717) is 5.69 Å². The summed E-state index contributed by atoms with van der Waals surface area (Å²) in [7, 11) is 0. The van der Waals surface area contributed by atoms with Gasteiger partial charge in [-0.05, 0) is 18.2 Å². The summed E-state index contributed by atoms with van der Waals surface area (Å²) in [6.07, 6.45) is 0.268. The minimum Gasteiger partial charge on any atom is -0.478 e. The Bertz CT molecular complexity index is 385. The predicted molar refractivity (Wildman–Crippen MR) is 52.4 cm³/mol. The molecule has 0 aliphatic carbocycles. The Morgan fingerprint density at radius 3 is 2.50 bits per heavy atom. The van der Waals surface area contributed by atoms with E-state index in [1.54, 1.807) is 6.92 Å². The molecule has 0 fully saturated rings. The van der Waals surface area contributed by atoms with Crippen molar-refractivity contribution in [3.05, 3.63) is 29.3 Å². The van der Waals surface area contributed by atoms with Gasteiger partial charge >= 0.3 is 5.97 Å². The maximum absolute atomic E-state index is 11.4. The molecule has 0 saturated carbocycles. The Hall–Kier alpha value is -1.84. The van der Waals surface area contributed by atoms with E-state index in [0.717, 1.165) is 0 Å². The van der Waals surface area contributed by atoms with Crippen LogP contribution in [0.2, 0.25) is 0 Å². The number of nitrogen functional groups attached to an aromatic ring is 1. The summed E-state index contributed by atoms with van der Waals surface area (Å²) in [6, 6.07) is 4.21. The topological polar surface area (TPSA) is 80.4 Å². The second kappa shape index (κ2) is 3.91. The number of hydrogen-bond acceptors (Lipinski definition) is 3. The quantitative estimate of drug-likeness (QED) is 0.563. The van der Waals surface area contributed by atoms with E-state index in [9.17, 15) is 9.59 Å². The van der Waals surface area contributed by atoms with Gasteiger partial charge < -0.3 is 10.8 Å². The smallest absolute Gasteiger partial charge is 0.336 e. The lowest BCUT2D eigenvalue weighted by molar-refractivity contribution is 0.0692. The van der Waals surface area contributed by atoms with Crippen LogP contribution in [0, 0.1) is 0 Å². The normalized spacial score (nSPS) is 9.79. The molecule has 0 aliphatic heterocycles. The van der Waals surface area contributed by atoms with E-state index in [1.165, 1.54) is 18.2 Å². The van der Waals surface area contributed by atoms with Gasteiger partial charge in [-0.2, -0.15) is 0 Å². The molecule has 0 radical (unpaired) electrons. The van der Waals surface area contributed by atoms with Crippen molar-refractivity contribution < 1.29 is 14.7 Å². The second-order valence-corrected chi connectivity index (χ2v) is 2.89. The molecule has 0 saturated heterocycles. The molecule has 1 aromatic rings. The number of ketones is 1. The molecule has 1 rings (SSSR count). The highest BCUT2D eigenvalue weighted by atomic mass is 16.4. The van der Waals surface area contributed by atoms with Crippen molar-refractivity contribution in [2.75, 3.05) is 5.73 Å². The minimum absolute atomic E-state index is 0.00560. The van der Waals surface area contributed by atoms with Gasteiger partial charge in [0.05, 0.1) is 5.56 Å². The van der Waals surface area contributed by atoms with Crippen LogP contribution in [0.3, 0.4) is 0 Å². The van der Waals surface area contributed by atoms with E-state index in [4.69, 9.17) is 10.8 Å². The summed E-state index contributed by atoms with van der Waals surface area (Å²) >= 11 is 0. The maximum Gasteiger partial charge on any atom is 0.336 e. The van der Waals surface area contributed by atoms with Crippen molar-refractivity contribution >= 4 is 17.4 Å². The van der Waals surface area contributed by atoms with Crippen molar-refractivity contribution in [2.24, 2.45) is 0 Å². The molecule has 1 aromatic carbocycles. The molecule has 0 atom stereocenters. The first-order valence-corrected chi connectivity index (χ1v) is 4.22. The van der Waals surface area contributed by atoms with Crippen LogP contribution in [0.4, 0.5) is 5.69 Å².